The molecule has 108 valence electrons. The highest BCUT2D eigenvalue weighted by Crippen LogP contribution is 2.21. The molecule has 0 saturated carbocycles. The van der Waals surface area contributed by atoms with Crippen molar-refractivity contribution in [1.29, 1.82) is 0 Å². The maximum absolute atomic E-state index is 12.1. The Hall–Kier alpha value is -3.14. The minimum atomic E-state index is -0.204. The standard InChI is InChI=1S/C18H14N2O2/c21-18(20-17-8-4-5-13-19-17)14-9-11-16(12-10-14)22-15-6-2-1-3-7-15/h1-13H,(H,19,20,21). The SMILES string of the molecule is O=C(Nc1ccccn1)c1ccc(Oc2ccccc2)cc1. The largest absolute Gasteiger partial charge is 0.457 e. The Balaban J connectivity index is 1.67. The number of hydrogen-bond acceptors (Lipinski definition) is 3. The van der Waals surface area contributed by atoms with Gasteiger partial charge in [-0.05, 0) is 48.5 Å². The van der Waals surface area contributed by atoms with Crippen molar-refractivity contribution in [2.24, 2.45) is 0 Å². The fourth-order valence-electron chi connectivity index (χ4n) is 1.92. The van der Waals surface area contributed by atoms with Gasteiger partial charge in [-0.2, -0.15) is 0 Å². The summed E-state index contributed by atoms with van der Waals surface area (Å²) >= 11 is 0. The maximum Gasteiger partial charge on any atom is 0.256 e. The van der Waals surface area contributed by atoms with Crippen molar-refractivity contribution in [2.45, 2.75) is 0 Å². The number of amides is 1. The third kappa shape index (κ3) is 3.49. The quantitative estimate of drug-likeness (QED) is 0.786. The van der Waals surface area contributed by atoms with E-state index in [1.165, 1.54) is 0 Å². The van der Waals surface area contributed by atoms with Gasteiger partial charge < -0.3 is 10.1 Å². The van der Waals surface area contributed by atoms with Gasteiger partial charge in [0.1, 0.15) is 17.3 Å². The summed E-state index contributed by atoms with van der Waals surface area (Å²) in [6, 6.07) is 21.8. The number of anilines is 1. The molecule has 2 aromatic carbocycles. The number of pyridine rings is 1. The third-order valence-corrected chi connectivity index (χ3v) is 3.00. The van der Waals surface area contributed by atoms with Gasteiger partial charge in [0, 0.05) is 11.8 Å². The smallest absolute Gasteiger partial charge is 0.256 e. The van der Waals surface area contributed by atoms with Crippen molar-refractivity contribution in [3.05, 3.63) is 84.6 Å². The highest BCUT2D eigenvalue weighted by atomic mass is 16.5. The first-order valence-electron chi connectivity index (χ1n) is 6.86. The van der Waals surface area contributed by atoms with E-state index in [-0.39, 0.29) is 5.91 Å². The van der Waals surface area contributed by atoms with Crippen LogP contribution in [0.15, 0.2) is 79.0 Å². The second-order valence-electron chi connectivity index (χ2n) is 4.61. The van der Waals surface area contributed by atoms with Gasteiger partial charge in [0.15, 0.2) is 0 Å². The number of nitrogens with zero attached hydrogens (tertiary/aromatic N) is 1. The van der Waals surface area contributed by atoms with E-state index in [2.05, 4.69) is 10.3 Å². The van der Waals surface area contributed by atoms with Gasteiger partial charge in [-0.3, -0.25) is 4.79 Å². The third-order valence-electron chi connectivity index (χ3n) is 3.00. The van der Waals surface area contributed by atoms with E-state index in [0.29, 0.717) is 17.1 Å². The zero-order valence-electron chi connectivity index (χ0n) is 11.8. The molecule has 3 rings (SSSR count). The van der Waals surface area contributed by atoms with Crippen molar-refractivity contribution in [2.75, 3.05) is 5.32 Å². The van der Waals surface area contributed by atoms with Gasteiger partial charge in [0.05, 0.1) is 0 Å². The lowest BCUT2D eigenvalue weighted by Crippen LogP contribution is -2.12. The van der Waals surface area contributed by atoms with Gasteiger partial charge in [-0.1, -0.05) is 24.3 Å². The van der Waals surface area contributed by atoms with Crippen molar-refractivity contribution in [3.8, 4) is 11.5 Å². The van der Waals surface area contributed by atoms with Crippen molar-refractivity contribution < 1.29 is 9.53 Å². The first-order chi connectivity index (χ1) is 10.8. The number of rotatable bonds is 4. The van der Waals surface area contributed by atoms with Crippen LogP contribution in [0, 0.1) is 0 Å². The molecule has 0 aliphatic carbocycles. The molecule has 0 fully saturated rings. The molecule has 0 aliphatic rings. The predicted molar refractivity (Wildman–Crippen MR) is 85.1 cm³/mol. The number of ether oxygens (including phenoxy) is 1. The molecule has 0 atom stereocenters. The lowest BCUT2D eigenvalue weighted by Gasteiger charge is -2.07. The van der Waals surface area contributed by atoms with Crippen LogP contribution in [-0.2, 0) is 0 Å². The molecular weight excluding hydrogens is 276 g/mol. The van der Waals surface area contributed by atoms with E-state index in [0.717, 1.165) is 5.75 Å². The summed E-state index contributed by atoms with van der Waals surface area (Å²) in [5.74, 6) is 1.76. The van der Waals surface area contributed by atoms with Crippen molar-refractivity contribution in [1.82, 2.24) is 4.98 Å². The summed E-state index contributed by atoms with van der Waals surface area (Å²) in [5, 5.41) is 2.74. The monoisotopic (exact) mass is 290 g/mol. The van der Waals surface area contributed by atoms with Crippen LogP contribution in [0.1, 0.15) is 10.4 Å². The molecule has 0 saturated heterocycles. The molecule has 0 radical (unpaired) electrons. The number of aromatic nitrogens is 1. The molecule has 0 spiro atoms. The molecule has 0 unspecified atom stereocenters. The van der Waals surface area contributed by atoms with Crippen LogP contribution in [0.3, 0.4) is 0 Å². The normalized spacial score (nSPS) is 10.0. The molecule has 1 N–H and O–H groups in total. The molecule has 1 heterocycles. The Labute approximate surface area is 128 Å². The summed E-state index contributed by atoms with van der Waals surface area (Å²) in [6.45, 7) is 0. The zero-order chi connectivity index (χ0) is 15.2. The molecule has 1 aromatic heterocycles. The number of hydrogen-bond donors (Lipinski definition) is 1. The van der Waals surface area contributed by atoms with Crippen LogP contribution in [0.5, 0.6) is 11.5 Å². The summed E-state index contributed by atoms with van der Waals surface area (Å²) in [6.07, 6.45) is 1.63. The van der Waals surface area contributed by atoms with Crippen LogP contribution in [0.2, 0.25) is 0 Å². The molecule has 22 heavy (non-hydrogen) atoms. The van der Waals surface area contributed by atoms with Gasteiger partial charge in [0.2, 0.25) is 0 Å². The first-order valence-corrected chi connectivity index (χ1v) is 6.86. The summed E-state index contributed by atoms with van der Waals surface area (Å²) in [5.41, 5.74) is 0.547. The van der Waals surface area contributed by atoms with E-state index >= 15 is 0 Å². The number of carbonyl (C=O) groups excluding carboxylic acids is 1. The number of benzene rings is 2. The van der Waals surface area contributed by atoms with E-state index in [4.69, 9.17) is 4.74 Å². The summed E-state index contributed by atoms with van der Waals surface area (Å²) in [4.78, 5) is 16.2. The van der Waals surface area contributed by atoms with Gasteiger partial charge in [-0.15, -0.1) is 0 Å². The molecule has 1 amide bonds. The highest BCUT2D eigenvalue weighted by molar-refractivity contribution is 6.03. The topological polar surface area (TPSA) is 51.2 Å². The number of nitrogens with one attached hydrogen (secondary N) is 1. The van der Waals surface area contributed by atoms with Crippen molar-refractivity contribution >= 4 is 11.7 Å². The second-order valence-corrected chi connectivity index (χ2v) is 4.61. The Morgan fingerprint density at radius 2 is 1.50 bits per heavy atom. The van der Waals surface area contributed by atoms with Crippen molar-refractivity contribution in [3.63, 3.8) is 0 Å². The van der Waals surface area contributed by atoms with Gasteiger partial charge >= 0.3 is 0 Å². The van der Waals surface area contributed by atoms with Gasteiger partial charge in [-0.25, -0.2) is 4.98 Å². The van der Waals surface area contributed by atoms with Crippen LogP contribution < -0.4 is 10.1 Å². The molecule has 0 aliphatic heterocycles. The van der Waals surface area contributed by atoms with Crippen LogP contribution >= 0.6 is 0 Å². The number of para-hydroxylation sites is 1. The molecule has 0 bridgehead atoms. The Kier molecular flexibility index (Phi) is 4.11. The van der Waals surface area contributed by atoms with Crippen LogP contribution in [0.25, 0.3) is 0 Å². The molecular formula is C18H14N2O2. The molecule has 4 nitrogen and oxygen atoms in total. The average molecular weight is 290 g/mol. The minimum absolute atomic E-state index is 0.204. The predicted octanol–water partition coefficient (Wildman–Crippen LogP) is 4.13. The summed E-state index contributed by atoms with van der Waals surface area (Å²) < 4.78 is 5.69. The maximum atomic E-state index is 12.1. The Bertz CT molecular complexity index is 741. The highest BCUT2D eigenvalue weighted by Gasteiger charge is 2.06. The van der Waals surface area contributed by atoms with Crippen LogP contribution in [-0.4, -0.2) is 10.9 Å². The summed E-state index contributed by atoms with van der Waals surface area (Å²) in [7, 11) is 0. The minimum Gasteiger partial charge on any atom is -0.457 e. The molecule has 3 aromatic rings. The molecule has 4 heteroatoms. The van der Waals surface area contributed by atoms with Gasteiger partial charge in [0.25, 0.3) is 5.91 Å². The Morgan fingerprint density at radius 1 is 0.818 bits per heavy atom. The van der Waals surface area contributed by atoms with E-state index in [1.54, 1.807) is 42.6 Å². The lowest BCUT2D eigenvalue weighted by atomic mass is 10.2. The van der Waals surface area contributed by atoms with E-state index in [1.807, 2.05) is 36.4 Å². The fourth-order valence-corrected chi connectivity index (χ4v) is 1.92. The number of carbonyl (C=O) groups is 1. The zero-order valence-corrected chi connectivity index (χ0v) is 11.8. The average Bonchev–Trinajstić information content (AvgIpc) is 2.57. The van der Waals surface area contributed by atoms with E-state index in [9.17, 15) is 4.79 Å². The van der Waals surface area contributed by atoms with Crippen LogP contribution in [0.4, 0.5) is 5.82 Å². The lowest BCUT2D eigenvalue weighted by molar-refractivity contribution is 0.102. The first kappa shape index (κ1) is 13.8. The Morgan fingerprint density at radius 3 is 2.18 bits per heavy atom. The van der Waals surface area contributed by atoms with E-state index < -0.39 is 0 Å². The second kappa shape index (κ2) is 6.54. The fraction of sp³-hybridized carbons (Fsp3) is 0.